The molecule has 15 N–H and O–H groups in total. The number of benzene rings is 2. The maximum absolute atomic E-state index is 14.6. The Hall–Kier alpha value is -6.44. The molecule has 0 saturated carbocycles. The summed E-state index contributed by atoms with van der Waals surface area (Å²) < 4.78 is 5.57. The van der Waals surface area contributed by atoms with Gasteiger partial charge in [0.2, 0.25) is 59.1 Å². The van der Waals surface area contributed by atoms with Gasteiger partial charge in [-0.1, -0.05) is 77.9 Å². The SMILES string of the molecule is CCOc1ccc(C[C@H]2NC(=O)[C@@H](N)CSSC[C@H](C(=O)N3CCC[C@H]3C(=O)N[C@@H](CCCCN)C(=O)NCC(N)=O)NC(=O)[C@@H](CC(N)=O)NC(=O)[C@H](C(C)C)NC(=O)[C@@H](Cc3ccccc3)NC2=O)cc1. The van der Waals surface area contributed by atoms with Crippen LogP contribution in [0.1, 0.15) is 70.4 Å². The van der Waals surface area contributed by atoms with Gasteiger partial charge in [-0.05, 0) is 74.8 Å². The van der Waals surface area contributed by atoms with E-state index in [0.29, 0.717) is 49.3 Å². The van der Waals surface area contributed by atoms with Gasteiger partial charge in [0, 0.05) is 30.9 Å². The third kappa shape index (κ3) is 19.2. The van der Waals surface area contributed by atoms with E-state index in [1.54, 1.807) is 68.4 Å². The van der Waals surface area contributed by atoms with E-state index in [1.165, 1.54) is 4.90 Å². The van der Waals surface area contributed by atoms with E-state index in [-0.39, 0.29) is 43.7 Å². The molecule has 2 aromatic carbocycles. The second-order valence-corrected chi connectivity index (χ2v) is 20.6. The number of hydrogen-bond donors (Lipinski definition) is 11. The van der Waals surface area contributed by atoms with Crippen molar-refractivity contribution in [2.24, 2.45) is 28.9 Å². The zero-order chi connectivity index (χ0) is 53.6. The number of likely N-dealkylation sites (tertiary alicyclic amines) is 1. The molecule has 2 fully saturated rings. The number of nitrogens with two attached hydrogens (primary N) is 4. The number of carbonyl (C=O) groups is 10. The quantitative estimate of drug-likeness (QED) is 0.0523. The predicted octanol–water partition coefficient (Wildman–Crippen LogP) is -2.25. The maximum atomic E-state index is 14.6. The van der Waals surface area contributed by atoms with E-state index in [1.807, 2.05) is 6.92 Å². The van der Waals surface area contributed by atoms with Crippen molar-refractivity contribution in [1.82, 2.24) is 42.1 Å². The Kier molecular flexibility index (Phi) is 24.2. The van der Waals surface area contributed by atoms with Crippen LogP contribution >= 0.6 is 21.6 Å². The van der Waals surface area contributed by atoms with E-state index in [9.17, 15) is 47.9 Å². The molecule has 8 atom stereocenters. The summed E-state index contributed by atoms with van der Waals surface area (Å²) in [6.07, 6.45) is 0.942. The molecule has 0 spiro atoms. The van der Waals surface area contributed by atoms with E-state index < -0.39 is 126 Å². The molecule has 4 rings (SSSR count). The molecule has 0 unspecified atom stereocenters. The van der Waals surface area contributed by atoms with Crippen LogP contribution in [0.3, 0.4) is 0 Å². The van der Waals surface area contributed by atoms with Gasteiger partial charge in [0.25, 0.3) is 0 Å². The molecule has 2 aliphatic heterocycles. The van der Waals surface area contributed by atoms with Gasteiger partial charge in [0.15, 0.2) is 0 Å². The normalized spacial score (nSPS) is 23.1. The molecule has 0 aliphatic carbocycles. The van der Waals surface area contributed by atoms with Crippen molar-refractivity contribution >= 4 is 80.7 Å². The monoisotopic (exact) mass is 1050 g/mol. The van der Waals surface area contributed by atoms with E-state index >= 15 is 0 Å². The van der Waals surface area contributed by atoms with Gasteiger partial charge < -0.3 is 69.8 Å². The number of carbonyl (C=O) groups excluding carboxylic acids is 10. The number of ether oxygens (including phenoxy) is 1. The molecule has 23 nitrogen and oxygen atoms in total. The Balaban J connectivity index is 1.69. The molecule has 2 aliphatic rings. The lowest BCUT2D eigenvalue weighted by Crippen LogP contribution is -2.62. The van der Waals surface area contributed by atoms with Crippen LogP contribution in [0.15, 0.2) is 54.6 Å². The van der Waals surface area contributed by atoms with Gasteiger partial charge >= 0.3 is 0 Å². The molecule has 10 amide bonds. The second kappa shape index (κ2) is 29.9. The van der Waals surface area contributed by atoms with E-state index in [2.05, 4.69) is 37.2 Å². The molecule has 400 valence electrons. The minimum Gasteiger partial charge on any atom is -0.494 e. The molecule has 25 heteroatoms. The number of unbranched alkanes of at least 4 members (excludes halogenated alkanes) is 1. The summed E-state index contributed by atoms with van der Waals surface area (Å²) in [5, 5.41) is 18.5. The Labute approximate surface area is 432 Å². The molecule has 0 bridgehead atoms. The zero-order valence-corrected chi connectivity index (χ0v) is 43.0. The zero-order valence-electron chi connectivity index (χ0n) is 41.4. The van der Waals surface area contributed by atoms with Gasteiger partial charge in [-0.25, -0.2) is 0 Å². The fourth-order valence-electron chi connectivity index (χ4n) is 7.99. The lowest BCUT2D eigenvalue weighted by molar-refractivity contribution is -0.142. The Morgan fingerprint density at radius 3 is 1.97 bits per heavy atom. The lowest BCUT2D eigenvalue weighted by atomic mass is 9.99. The third-order valence-electron chi connectivity index (χ3n) is 11.9. The maximum Gasteiger partial charge on any atom is 0.246 e. The summed E-state index contributed by atoms with van der Waals surface area (Å²) >= 11 is 0. The third-order valence-corrected chi connectivity index (χ3v) is 14.3. The summed E-state index contributed by atoms with van der Waals surface area (Å²) in [7, 11) is 2.13. The summed E-state index contributed by atoms with van der Waals surface area (Å²) in [6, 6.07) is 5.31. The van der Waals surface area contributed by atoms with Crippen molar-refractivity contribution in [3.05, 3.63) is 65.7 Å². The highest BCUT2D eigenvalue weighted by Gasteiger charge is 2.41. The largest absolute Gasteiger partial charge is 0.494 e. The average molecular weight is 1060 g/mol. The highest BCUT2D eigenvalue weighted by Crippen LogP contribution is 2.26. The van der Waals surface area contributed by atoms with Crippen molar-refractivity contribution in [1.29, 1.82) is 0 Å². The molecular weight excluding hydrogens is 985 g/mol. The Morgan fingerprint density at radius 1 is 0.753 bits per heavy atom. The van der Waals surface area contributed by atoms with Crippen LogP contribution in [0, 0.1) is 5.92 Å². The Bertz CT molecular complexity index is 2240. The summed E-state index contributed by atoms with van der Waals surface area (Å²) in [5.74, 6) is -8.20. The standard InChI is InChI=1S/C48H70N12O11S2/c1-4-71-30-17-15-29(16-18-30)22-33-43(65)56-34(21-28-11-6-5-7-12-28)45(67)59-40(27(2)3)47(69)57-35(23-38(51)61)44(66)58-36(26-73-72-25-31(50)41(63)55-33)48(70)60-20-10-14-37(60)46(68)54-32(13-8-9-19-49)42(64)53-24-39(52)62/h5-7,11-12,15-18,27,31-37,40H,4,8-10,13-14,19-26,49-50H2,1-3H3,(H2,51,61)(H2,52,62)(H,53,64)(H,54,68)(H,55,63)(H,56,65)(H,57,69)(H,58,66)(H,59,67)/t31-,32-,33+,34+,35+,36+,37-,40-/m0/s1. The van der Waals surface area contributed by atoms with Gasteiger partial charge in [0.1, 0.15) is 48.0 Å². The van der Waals surface area contributed by atoms with Gasteiger partial charge in [-0.3, -0.25) is 47.9 Å². The van der Waals surface area contributed by atoms with Crippen LogP contribution in [-0.4, -0.2) is 150 Å². The fourth-order valence-corrected chi connectivity index (χ4v) is 10.3. The van der Waals surface area contributed by atoms with Gasteiger partial charge in [-0.15, -0.1) is 0 Å². The number of nitrogens with zero attached hydrogens (tertiary/aromatic N) is 1. The minimum absolute atomic E-state index is 0.0209. The average Bonchev–Trinajstić information content (AvgIpc) is 3.85. The topological polar surface area (TPSA) is 371 Å². The van der Waals surface area contributed by atoms with Gasteiger partial charge in [0.05, 0.1) is 25.6 Å². The fraction of sp³-hybridized carbons (Fsp3) is 0.542. The summed E-state index contributed by atoms with van der Waals surface area (Å²) in [5.41, 5.74) is 24.1. The minimum atomic E-state index is -1.66. The summed E-state index contributed by atoms with van der Waals surface area (Å²) in [6.45, 7) is 5.46. The number of nitrogens with one attached hydrogen (secondary N) is 7. The first-order chi connectivity index (χ1) is 34.8. The molecule has 0 radical (unpaired) electrons. The van der Waals surface area contributed by atoms with Crippen LogP contribution in [0.2, 0.25) is 0 Å². The Morgan fingerprint density at radius 2 is 1.36 bits per heavy atom. The molecular formula is C48H70N12O11S2. The lowest BCUT2D eigenvalue weighted by Gasteiger charge is -2.31. The van der Waals surface area contributed by atoms with Crippen molar-refractivity contribution < 1.29 is 52.7 Å². The second-order valence-electron chi connectivity index (χ2n) is 18.0. The van der Waals surface area contributed by atoms with Crippen LogP contribution in [0.25, 0.3) is 0 Å². The summed E-state index contributed by atoms with van der Waals surface area (Å²) in [4.78, 5) is 138. The number of rotatable bonds is 19. The first-order valence-corrected chi connectivity index (χ1v) is 26.7. The van der Waals surface area contributed by atoms with Crippen LogP contribution in [-0.2, 0) is 60.8 Å². The van der Waals surface area contributed by atoms with Crippen molar-refractivity contribution in [2.75, 3.05) is 37.7 Å². The van der Waals surface area contributed by atoms with Crippen molar-refractivity contribution in [3.8, 4) is 5.75 Å². The first-order valence-electron chi connectivity index (χ1n) is 24.2. The highest BCUT2D eigenvalue weighted by molar-refractivity contribution is 8.76. The molecule has 2 heterocycles. The van der Waals surface area contributed by atoms with E-state index in [4.69, 9.17) is 27.7 Å². The van der Waals surface area contributed by atoms with Gasteiger partial charge in [-0.2, -0.15) is 0 Å². The van der Waals surface area contributed by atoms with E-state index in [0.717, 1.165) is 21.6 Å². The van der Waals surface area contributed by atoms with Crippen molar-refractivity contribution in [3.63, 3.8) is 0 Å². The smallest absolute Gasteiger partial charge is 0.246 e. The molecule has 2 aromatic rings. The van der Waals surface area contributed by atoms with Crippen LogP contribution in [0.5, 0.6) is 5.75 Å². The predicted molar refractivity (Wildman–Crippen MR) is 274 cm³/mol. The first kappa shape index (κ1) is 59.1. The van der Waals surface area contributed by atoms with Crippen LogP contribution in [0.4, 0.5) is 0 Å². The highest BCUT2D eigenvalue weighted by atomic mass is 33.1. The molecule has 0 aromatic heterocycles. The van der Waals surface area contributed by atoms with Crippen LogP contribution < -0.4 is 64.9 Å². The molecule has 73 heavy (non-hydrogen) atoms. The van der Waals surface area contributed by atoms with Crippen molar-refractivity contribution in [2.45, 2.75) is 120 Å². The number of amides is 10. The number of hydrogen-bond acceptors (Lipinski definition) is 15. The molecule has 2 saturated heterocycles. The number of primary amides is 2.